The lowest BCUT2D eigenvalue weighted by Gasteiger charge is -2.21. The lowest BCUT2D eigenvalue weighted by Crippen LogP contribution is -2.15. The van der Waals surface area contributed by atoms with E-state index < -0.39 is 9.84 Å². The summed E-state index contributed by atoms with van der Waals surface area (Å²) < 4.78 is 25.7. The molecule has 1 aliphatic carbocycles. The predicted molar refractivity (Wildman–Crippen MR) is 79.3 cm³/mol. The maximum absolute atomic E-state index is 11.5. The number of tetrazole rings is 1. The third-order valence-electron chi connectivity index (χ3n) is 3.39. The molecule has 0 unspecified atom stereocenters. The van der Waals surface area contributed by atoms with Gasteiger partial charge in [0.15, 0.2) is 14.2 Å². The highest BCUT2D eigenvalue weighted by Gasteiger charge is 2.22. The lowest BCUT2D eigenvalue weighted by atomic mass is 9.96. The fourth-order valence-electron chi connectivity index (χ4n) is 2.35. The summed E-state index contributed by atoms with van der Waals surface area (Å²) in [4.78, 5) is 4.14. The van der Waals surface area contributed by atoms with Crippen molar-refractivity contribution in [3.63, 3.8) is 0 Å². The van der Waals surface area contributed by atoms with E-state index in [9.17, 15) is 8.42 Å². The number of sulfone groups is 1. The van der Waals surface area contributed by atoms with Crippen LogP contribution < -0.4 is 0 Å². The summed E-state index contributed by atoms with van der Waals surface area (Å²) in [5, 5.41) is 12.6. The van der Waals surface area contributed by atoms with Crippen molar-refractivity contribution in [2.75, 3.05) is 6.26 Å². The normalized spacial score (nSPS) is 17.2. The average Bonchev–Trinajstić information content (AvgIpc) is 3.09. The molecule has 0 bridgehead atoms. The first-order chi connectivity index (χ1) is 10.0. The van der Waals surface area contributed by atoms with Crippen molar-refractivity contribution in [1.29, 1.82) is 0 Å². The molecule has 0 atom stereocenters. The molecule has 0 amide bonds. The monoisotopic (exact) mass is 345 g/mol. The molecule has 10 heteroatoms. The molecule has 0 saturated heterocycles. The molecular formula is C11H15N5O2S3. The minimum Gasteiger partial charge on any atom is -0.236 e. The smallest absolute Gasteiger partial charge is 0.216 e. The molecule has 0 aliphatic heterocycles. The van der Waals surface area contributed by atoms with Gasteiger partial charge in [0, 0.05) is 6.26 Å². The van der Waals surface area contributed by atoms with Crippen molar-refractivity contribution in [2.24, 2.45) is 0 Å². The third-order valence-corrected chi connectivity index (χ3v) is 7.20. The van der Waals surface area contributed by atoms with E-state index in [0.717, 1.165) is 24.2 Å². The summed E-state index contributed by atoms with van der Waals surface area (Å²) in [7, 11) is -3.21. The molecule has 2 aromatic rings. The zero-order valence-corrected chi connectivity index (χ0v) is 13.9. The summed E-state index contributed by atoms with van der Waals surface area (Å²) >= 11 is 2.47. The van der Waals surface area contributed by atoms with Gasteiger partial charge in [-0.15, -0.1) is 5.10 Å². The van der Waals surface area contributed by atoms with Crippen LogP contribution in [0, 0.1) is 0 Å². The lowest BCUT2D eigenvalue weighted by molar-refractivity contribution is 0.307. The highest BCUT2D eigenvalue weighted by atomic mass is 32.2. The fraction of sp³-hybridized carbons (Fsp3) is 0.636. The molecule has 7 nitrogen and oxygen atoms in total. The second-order valence-electron chi connectivity index (χ2n) is 5.02. The average molecular weight is 345 g/mol. The Bertz CT molecular complexity index is 718. The van der Waals surface area contributed by atoms with E-state index in [1.54, 1.807) is 0 Å². The molecule has 21 heavy (non-hydrogen) atoms. The van der Waals surface area contributed by atoms with Gasteiger partial charge in [0.1, 0.15) is 4.21 Å². The number of hydrogen-bond acceptors (Lipinski definition) is 8. The third kappa shape index (κ3) is 3.43. The van der Waals surface area contributed by atoms with E-state index in [4.69, 9.17) is 0 Å². The van der Waals surface area contributed by atoms with Crippen LogP contribution in [0.3, 0.4) is 0 Å². The van der Waals surface area contributed by atoms with Crippen molar-refractivity contribution in [3.8, 4) is 0 Å². The SMILES string of the molecule is CS(=O)(=O)c1cnc(Sc2nnnn2C2CCCCC2)s1. The molecule has 2 aromatic heterocycles. The first-order valence-corrected chi connectivity index (χ1v) is 10.2. The maximum Gasteiger partial charge on any atom is 0.216 e. The van der Waals surface area contributed by atoms with Gasteiger partial charge in [0.05, 0.1) is 12.2 Å². The van der Waals surface area contributed by atoms with E-state index in [2.05, 4.69) is 20.5 Å². The topological polar surface area (TPSA) is 90.6 Å². The first-order valence-electron chi connectivity index (χ1n) is 6.65. The molecule has 0 N–H and O–H groups in total. The van der Waals surface area contributed by atoms with Crippen molar-refractivity contribution >= 4 is 32.9 Å². The van der Waals surface area contributed by atoms with Crippen LogP contribution in [0.15, 0.2) is 19.9 Å². The Kier molecular flexibility index (Phi) is 4.27. The van der Waals surface area contributed by atoms with Crippen LogP contribution in [0.1, 0.15) is 38.1 Å². The van der Waals surface area contributed by atoms with Gasteiger partial charge in [-0.05, 0) is 35.0 Å². The first kappa shape index (κ1) is 14.9. The second-order valence-corrected chi connectivity index (χ2v) is 9.50. The number of nitrogens with zero attached hydrogens (tertiary/aromatic N) is 5. The van der Waals surface area contributed by atoms with E-state index in [1.807, 2.05) is 4.68 Å². The predicted octanol–water partition coefficient (Wildman–Crippen LogP) is 2.19. The summed E-state index contributed by atoms with van der Waals surface area (Å²) in [5.41, 5.74) is 0. The maximum atomic E-state index is 11.5. The highest BCUT2D eigenvalue weighted by Crippen LogP contribution is 2.35. The van der Waals surface area contributed by atoms with Crippen molar-refractivity contribution < 1.29 is 8.42 Å². The number of thiazole rings is 1. The van der Waals surface area contributed by atoms with Crippen molar-refractivity contribution in [2.45, 2.75) is 51.9 Å². The van der Waals surface area contributed by atoms with Crippen LogP contribution >= 0.6 is 23.1 Å². The van der Waals surface area contributed by atoms with Crippen molar-refractivity contribution in [1.82, 2.24) is 25.2 Å². The Morgan fingerprint density at radius 1 is 1.33 bits per heavy atom. The number of hydrogen-bond donors (Lipinski definition) is 0. The standard InChI is InChI=1S/C11H15N5O2S3/c1-21(17,18)9-7-12-11(19-9)20-10-13-14-15-16(10)8-5-3-2-4-6-8/h7-8H,2-6H2,1H3. The van der Waals surface area contributed by atoms with E-state index in [-0.39, 0.29) is 4.21 Å². The van der Waals surface area contributed by atoms with Crippen LogP contribution in [0.2, 0.25) is 0 Å². The Labute approximate surface area is 131 Å². The van der Waals surface area contributed by atoms with Gasteiger partial charge in [-0.2, -0.15) is 0 Å². The van der Waals surface area contributed by atoms with Gasteiger partial charge in [0.2, 0.25) is 5.16 Å². The number of aromatic nitrogens is 5. The van der Waals surface area contributed by atoms with Gasteiger partial charge in [0.25, 0.3) is 0 Å². The van der Waals surface area contributed by atoms with Gasteiger partial charge in [-0.1, -0.05) is 30.6 Å². The van der Waals surface area contributed by atoms with Gasteiger partial charge >= 0.3 is 0 Å². The van der Waals surface area contributed by atoms with E-state index >= 15 is 0 Å². The molecule has 0 aromatic carbocycles. The molecule has 1 aliphatic rings. The van der Waals surface area contributed by atoms with Crippen LogP contribution in [0.4, 0.5) is 0 Å². The highest BCUT2D eigenvalue weighted by molar-refractivity contribution is 8.01. The zero-order valence-electron chi connectivity index (χ0n) is 11.5. The summed E-state index contributed by atoms with van der Waals surface area (Å²) in [5.74, 6) is 0. The second kappa shape index (κ2) is 6.01. The van der Waals surface area contributed by atoms with Gasteiger partial charge < -0.3 is 0 Å². The van der Waals surface area contributed by atoms with E-state index in [1.165, 1.54) is 43.5 Å². The molecule has 0 radical (unpaired) electrons. The van der Waals surface area contributed by atoms with Gasteiger partial charge in [-0.25, -0.2) is 18.1 Å². The fourth-order valence-corrected chi connectivity index (χ4v) is 5.25. The molecule has 114 valence electrons. The Hall–Kier alpha value is -1.00. The quantitative estimate of drug-likeness (QED) is 0.839. The molecule has 2 heterocycles. The zero-order chi connectivity index (χ0) is 14.9. The minimum absolute atomic E-state index is 0.265. The van der Waals surface area contributed by atoms with Gasteiger partial charge in [-0.3, -0.25) is 0 Å². The Morgan fingerprint density at radius 2 is 2.10 bits per heavy atom. The summed E-state index contributed by atoms with van der Waals surface area (Å²) in [6.45, 7) is 0. The molecule has 3 rings (SSSR count). The van der Waals surface area contributed by atoms with Crippen LogP contribution in [-0.4, -0.2) is 39.9 Å². The Morgan fingerprint density at radius 3 is 2.76 bits per heavy atom. The summed E-state index contributed by atoms with van der Waals surface area (Å²) in [6.07, 6.45) is 8.41. The minimum atomic E-state index is -3.21. The van der Waals surface area contributed by atoms with Crippen LogP contribution in [0.25, 0.3) is 0 Å². The summed E-state index contributed by atoms with van der Waals surface area (Å²) in [6, 6.07) is 0.339. The van der Waals surface area contributed by atoms with E-state index in [0.29, 0.717) is 15.5 Å². The largest absolute Gasteiger partial charge is 0.236 e. The Balaban J connectivity index is 1.79. The number of rotatable bonds is 4. The molecule has 0 spiro atoms. The van der Waals surface area contributed by atoms with Crippen molar-refractivity contribution in [3.05, 3.63) is 6.20 Å². The molecule has 1 fully saturated rings. The van der Waals surface area contributed by atoms with Crippen LogP contribution in [-0.2, 0) is 9.84 Å². The molecule has 1 saturated carbocycles. The van der Waals surface area contributed by atoms with Crippen LogP contribution in [0.5, 0.6) is 0 Å². The molecular weight excluding hydrogens is 330 g/mol.